The Kier molecular flexibility index (Phi) is 6.15. The molecule has 8 nitrogen and oxygen atoms in total. The zero-order valence-electron chi connectivity index (χ0n) is 15.6. The lowest BCUT2D eigenvalue weighted by molar-refractivity contribution is -0.123. The van der Waals surface area contributed by atoms with E-state index < -0.39 is 5.82 Å². The van der Waals surface area contributed by atoms with Crippen LogP contribution in [0.5, 0.6) is 5.75 Å². The number of benzene rings is 1. The highest BCUT2D eigenvalue weighted by atomic mass is 19.1. The third kappa shape index (κ3) is 5.03. The van der Waals surface area contributed by atoms with Crippen molar-refractivity contribution in [3.8, 4) is 11.6 Å². The molecule has 1 aromatic carbocycles. The van der Waals surface area contributed by atoms with Crippen molar-refractivity contribution in [2.24, 2.45) is 0 Å². The van der Waals surface area contributed by atoms with Crippen LogP contribution in [-0.2, 0) is 4.79 Å². The molecule has 0 saturated carbocycles. The highest BCUT2D eigenvalue weighted by molar-refractivity contribution is 5.77. The summed E-state index contributed by atoms with van der Waals surface area (Å²) in [7, 11) is 0. The molecule has 2 N–H and O–H groups in total. The second-order valence-corrected chi connectivity index (χ2v) is 6.00. The van der Waals surface area contributed by atoms with Gasteiger partial charge in [0, 0.05) is 31.5 Å². The summed E-state index contributed by atoms with van der Waals surface area (Å²) in [4.78, 5) is 24.8. The molecule has 0 fully saturated rings. The number of para-hydroxylation sites is 1. The summed E-state index contributed by atoms with van der Waals surface area (Å²) in [5.74, 6) is 2.02. The maximum Gasteiger partial charge on any atom is 0.258 e. The number of aryl methyl sites for hydroxylation is 2. The van der Waals surface area contributed by atoms with Crippen LogP contribution in [0.3, 0.4) is 0 Å². The number of imidazole rings is 1. The van der Waals surface area contributed by atoms with Crippen molar-refractivity contribution in [3.63, 3.8) is 0 Å². The van der Waals surface area contributed by atoms with E-state index in [-0.39, 0.29) is 18.3 Å². The Morgan fingerprint density at radius 1 is 1.21 bits per heavy atom. The molecule has 0 aliphatic rings. The fraction of sp³-hybridized carbons (Fsp3) is 0.263. The second kappa shape index (κ2) is 8.94. The topological polar surface area (TPSA) is 94.0 Å². The van der Waals surface area contributed by atoms with Crippen LogP contribution in [0.25, 0.3) is 5.82 Å². The molecule has 28 heavy (non-hydrogen) atoms. The van der Waals surface area contributed by atoms with Crippen molar-refractivity contribution >= 4 is 11.7 Å². The third-order valence-electron chi connectivity index (χ3n) is 3.85. The van der Waals surface area contributed by atoms with Crippen LogP contribution in [-0.4, -0.2) is 45.1 Å². The zero-order valence-corrected chi connectivity index (χ0v) is 15.6. The number of rotatable bonds is 8. The Morgan fingerprint density at radius 2 is 2.04 bits per heavy atom. The van der Waals surface area contributed by atoms with Gasteiger partial charge in [0.2, 0.25) is 0 Å². The molecule has 3 aromatic rings. The van der Waals surface area contributed by atoms with Crippen LogP contribution >= 0.6 is 0 Å². The van der Waals surface area contributed by atoms with Crippen molar-refractivity contribution < 1.29 is 13.9 Å². The van der Waals surface area contributed by atoms with E-state index in [9.17, 15) is 9.18 Å². The van der Waals surface area contributed by atoms with Gasteiger partial charge in [-0.05, 0) is 26.0 Å². The maximum absolute atomic E-state index is 13.4. The molecule has 0 saturated heterocycles. The summed E-state index contributed by atoms with van der Waals surface area (Å²) in [6, 6.07) is 7.76. The third-order valence-corrected chi connectivity index (χ3v) is 3.85. The van der Waals surface area contributed by atoms with Gasteiger partial charge in [0.1, 0.15) is 23.3 Å². The van der Waals surface area contributed by atoms with Gasteiger partial charge in [-0.25, -0.2) is 19.3 Å². The SMILES string of the molecule is Cc1nc(NCCNC(=O)COc2ccccc2F)cc(-n2ccnc2C)n1. The number of carbonyl (C=O) groups is 1. The standard InChI is InChI=1S/C19H21FN6O2/c1-13-24-17(11-18(25-13)26-10-9-21-14(26)2)22-7-8-23-19(27)12-28-16-6-4-3-5-15(16)20/h3-6,9-11H,7-8,12H2,1-2H3,(H,23,27)(H,22,24,25). The summed E-state index contributed by atoms with van der Waals surface area (Å²) in [5.41, 5.74) is 0. The quantitative estimate of drug-likeness (QED) is 0.577. The average molecular weight is 384 g/mol. The van der Waals surface area contributed by atoms with Gasteiger partial charge in [0.05, 0.1) is 0 Å². The van der Waals surface area contributed by atoms with Crippen LogP contribution < -0.4 is 15.4 Å². The molecule has 0 unspecified atom stereocenters. The van der Waals surface area contributed by atoms with Gasteiger partial charge < -0.3 is 15.4 Å². The van der Waals surface area contributed by atoms with Crippen LogP contribution in [0.2, 0.25) is 0 Å². The molecule has 0 atom stereocenters. The van der Waals surface area contributed by atoms with Gasteiger partial charge in [-0.3, -0.25) is 9.36 Å². The summed E-state index contributed by atoms with van der Waals surface area (Å²) < 4.78 is 20.5. The zero-order chi connectivity index (χ0) is 19.9. The molecule has 0 radical (unpaired) electrons. The summed E-state index contributed by atoms with van der Waals surface area (Å²) in [6.07, 6.45) is 3.54. The maximum atomic E-state index is 13.4. The first-order valence-corrected chi connectivity index (χ1v) is 8.77. The van der Waals surface area contributed by atoms with E-state index in [1.165, 1.54) is 12.1 Å². The minimum absolute atomic E-state index is 0.0505. The predicted octanol–water partition coefficient (Wildman–Crippen LogP) is 2.03. The highest BCUT2D eigenvalue weighted by Gasteiger charge is 2.08. The predicted molar refractivity (Wildman–Crippen MR) is 102 cm³/mol. The number of nitrogens with one attached hydrogen (secondary N) is 2. The number of nitrogens with zero attached hydrogens (tertiary/aromatic N) is 4. The van der Waals surface area contributed by atoms with Gasteiger partial charge in [0.25, 0.3) is 5.91 Å². The number of carbonyl (C=O) groups excluding carboxylic acids is 1. The van der Waals surface area contributed by atoms with Crippen molar-refractivity contribution in [2.75, 3.05) is 25.0 Å². The van der Waals surface area contributed by atoms with Crippen LogP contribution in [0, 0.1) is 19.7 Å². The van der Waals surface area contributed by atoms with E-state index in [1.807, 2.05) is 30.7 Å². The molecule has 9 heteroatoms. The van der Waals surface area contributed by atoms with Crippen LogP contribution in [0.15, 0.2) is 42.7 Å². The first-order valence-electron chi connectivity index (χ1n) is 8.77. The van der Waals surface area contributed by atoms with E-state index >= 15 is 0 Å². The molecule has 0 spiro atoms. The Balaban J connectivity index is 1.46. The summed E-state index contributed by atoms with van der Waals surface area (Å²) in [5, 5.41) is 5.85. The van der Waals surface area contributed by atoms with E-state index in [0.29, 0.717) is 30.5 Å². The Bertz CT molecular complexity index is 959. The minimum Gasteiger partial charge on any atom is -0.481 e. The van der Waals surface area contributed by atoms with E-state index in [4.69, 9.17) is 4.74 Å². The second-order valence-electron chi connectivity index (χ2n) is 6.00. The molecular weight excluding hydrogens is 363 g/mol. The molecule has 0 aliphatic heterocycles. The van der Waals surface area contributed by atoms with Gasteiger partial charge in [0.15, 0.2) is 18.2 Å². The number of anilines is 1. The Hall–Kier alpha value is -3.49. The first-order chi connectivity index (χ1) is 13.5. The Morgan fingerprint density at radius 3 is 2.79 bits per heavy atom. The van der Waals surface area contributed by atoms with Gasteiger partial charge >= 0.3 is 0 Å². The molecule has 0 bridgehead atoms. The van der Waals surface area contributed by atoms with Crippen LogP contribution in [0.1, 0.15) is 11.6 Å². The molecular formula is C19H21FN6O2. The van der Waals surface area contributed by atoms with Crippen LogP contribution in [0.4, 0.5) is 10.2 Å². The molecule has 146 valence electrons. The lowest BCUT2D eigenvalue weighted by atomic mass is 10.3. The van der Waals surface area contributed by atoms with Crippen molar-refractivity contribution in [2.45, 2.75) is 13.8 Å². The number of halogens is 1. The first kappa shape index (κ1) is 19.3. The Labute approximate surface area is 161 Å². The van der Waals surface area contributed by atoms with Crippen molar-refractivity contribution in [1.82, 2.24) is 24.8 Å². The monoisotopic (exact) mass is 384 g/mol. The number of aromatic nitrogens is 4. The number of hydrogen-bond donors (Lipinski definition) is 2. The largest absolute Gasteiger partial charge is 0.481 e. The fourth-order valence-electron chi connectivity index (χ4n) is 2.53. The van der Waals surface area contributed by atoms with Crippen molar-refractivity contribution in [3.05, 3.63) is 60.2 Å². The van der Waals surface area contributed by atoms with E-state index in [1.54, 1.807) is 18.3 Å². The number of hydrogen-bond acceptors (Lipinski definition) is 6. The van der Waals surface area contributed by atoms with Gasteiger partial charge in [-0.1, -0.05) is 12.1 Å². The lowest BCUT2D eigenvalue weighted by Crippen LogP contribution is -2.32. The molecule has 2 heterocycles. The highest BCUT2D eigenvalue weighted by Crippen LogP contribution is 2.15. The van der Waals surface area contributed by atoms with Gasteiger partial charge in [-0.15, -0.1) is 0 Å². The molecule has 0 aliphatic carbocycles. The van der Waals surface area contributed by atoms with Gasteiger partial charge in [-0.2, -0.15) is 0 Å². The minimum atomic E-state index is -0.500. The summed E-state index contributed by atoms with van der Waals surface area (Å²) in [6.45, 7) is 4.27. The summed E-state index contributed by atoms with van der Waals surface area (Å²) >= 11 is 0. The normalized spacial score (nSPS) is 10.5. The number of ether oxygens (including phenoxy) is 1. The molecule has 3 rings (SSSR count). The molecule has 1 amide bonds. The smallest absolute Gasteiger partial charge is 0.258 e. The number of amides is 1. The fourth-order valence-corrected chi connectivity index (χ4v) is 2.53. The lowest BCUT2D eigenvalue weighted by Gasteiger charge is -2.11. The van der Waals surface area contributed by atoms with E-state index in [0.717, 1.165) is 5.82 Å². The van der Waals surface area contributed by atoms with E-state index in [2.05, 4.69) is 25.6 Å². The molecule has 2 aromatic heterocycles. The average Bonchev–Trinajstić information content (AvgIpc) is 3.10. The van der Waals surface area contributed by atoms with Crippen molar-refractivity contribution in [1.29, 1.82) is 0 Å².